The quantitative estimate of drug-likeness (QED) is 0.493. The van der Waals surface area contributed by atoms with E-state index < -0.39 is 0 Å². The Labute approximate surface area is 105 Å². The Bertz CT molecular complexity index is 619. The second-order valence-corrected chi connectivity index (χ2v) is 5.44. The van der Waals surface area contributed by atoms with Crippen LogP contribution >= 0.6 is 11.3 Å². The van der Waals surface area contributed by atoms with Gasteiger partial charge in [-0.25, -0.2) is 4.85 Å². The van der Waals surface area contributed by atoms with E-state index in [4.69, 9.17) is 6.57 Å². The first kappa shape index (κ1) is 11.8. The van der Waals surface area contributed by atoms with Crippen LogP contribution in [0.5, 0.6) is 0 Å². The number of allylic oxidation sites excluding steroid dienone is 4. The maximum absolute atomic E-state index is 12.3. The van der Waals surface area contributed by atoms with Crippen molar-refractivity contribution in [2.24, 2.45) is 0 Å². The highest BCUT2D eigenvalue weighted by Gasteiger charge is 2.34. The SMILES string of the molecule is [C-]#[N+]/C(C)=C1/C(=C(C)C)C(=O)c2csc(C)c21. The van der Waals surface area contributed by atoms with Gasteiger partial charge in [0.05, 0.1) is 6.57 Å². The van der Waals surface area contributed by atoms with Crippen LogP contribution in [0.2, 0.25) is 0 Å². The van der Waals surface area contributed by atoms with E-state index in [0.29, 0.717) is 5.70 Å². The van der Waals surface area contributed by atoms with Crippen molar-refractivity contribution in [1.29, 1.82) is 0 Å². The second-order valence-electron chi connectivity index (χ2n) is 4.36. The Morgan fingerprint density at radius 1 is 1.29 bits per heavy atom. The molecule has 1 aliphatic carbocycles. The third-order valence-electron chi connectivity index (χ3n) is 2.98. The van der Waals surface area contributed by atoms with Gasteiger partial charge in [0.15, 0.2) is 11.5 Å². The molecule has 0 saturated heterocycles. The number of hydrogen-bond acceptors (Lipinski definition) is 2. The van der Waals surface area contributed by atoms with Gasteiger partial charge in [-0.15, -0.1) is 11.3 Å². The highest BCUT2D eigenvalue weighted by Crippen LogP contribution is 2.44. The number of Topliss-reactive ketones (excluding diaryl/α,β-unsaturated/α-hetero) is 1. The molecule has 17 heavy (non-hydrogen) atoms. The van der Waals surface area contributed by atoms with Gasteiger partial charge >= 0.3 is 0 Å². The van der Waals surface area contributed by atoms with Crippen LogP contribution in [0.3, 0.4) is 0 Å². The van der Waals surface area contributed by atoms with Gasteiger partial charge in [-0.3, -0.25) is 4.79 Å². The van der Waals surface area contributed by atoms with Gasteiger partial charge in [-0.2, -0.15) is 0 Å². The molecule has 0 spiro atoms. The molecule has 86 valence electrons. The Morgan fingerprint density at radius 3 is 2.47 bits per heavy atom. The summed E-state index contributed by atoms with van der Waals surface area (Å²) in [6.45, 7) is 14.8. The molecule has 0 bridgehead atoms. The first-order valence-corrected chi connectivity index (χ1v) is 6.26. The molecule has 1 aliphatic rings. The van der Waals surface area contributed by atoms with Crippen molar-refractivity contribution in [2.45, 2.75) is 27.7 Å². The minimum absolute atomic E-state index is 0.0716. The third kappa shape index (κ3) is 1.57. The van der Waals surface area contributed by atoms with Crippen molar-refractivity contribution in [3.05, 3.63) is 49.6 Å². The summed E-state index contributed by atoms with van der Waals surface area (Å²) in [6, 6.07) is 0. The van der Waals surface area contributed by atoms with Crippen molar-refractivity contribution < 1.29 is 4.79 Å². The van der Waals surface area contributed by atoms with Crippen LogP contribution in [-0.4, -0.2) is 5.78 Å². The third-order valence-corrected chi connectivity index (χ3v) is 3.89. The average Bonchev–Trinajstić information content (AvgIpc) is 2.78. The first-order valence-electron chi connectivity index (χ1n) is 5.38. The molecule has 0 fully saturated rings. The summed E-state index contributed by atoms with van der Waals surface area (Å²) in [5.74, 6) is 0.0716. The van der Waals surface area contributed by atoms with Gasteiger partial charge in [0.25, 0.3) is 0 Å². The average molecular weight is 243 g/mol. The summed E-state index contributed by atoms with van der Waals surface area (Å²) in [7, 11) is 0. The van der Waals surface area contributed by atoms with E-state index in [1.807, 2.05) is 26.2 Å². The van der Waals surface area contributed by atoms with Crippen LogP contribution in [0.4, 0.5) is 0 Å². The van der Waals surface area contributed by atoms with E-state index in [0.717, 1.165) is 32.7 Å². The van der Waals surface area contributed by atoms with Crippen molar-refractivity contribution >= 4 is 22.7 Å². The molecule has 3 heteroatoms. The molecule has 0 amide bonds. The normalized spacial score (nSPS) is 16.9. The lowest BCUT2D eigenvalue weighted by Gasteiger charge is -2.06. The number of carbonyl (C=O) groups excluding carboxylic acids is 1. The molecule has 1 aromatic heterocycles. The molecule has 2 nitrogen and oxygen atoms in total. The minimum Gasteiger partial charge on any atom is -0.289 e. The molecule has 0 aromatic carbocycles. The number of nitrogens with zero attached hydrogens (tertiary/aromatic N) is 1. The summed E-state index contributed by atoms with van der Waals surface area (Å²) in [4.78, 5) is 16.9. The number of thiophene rings is 1. The van der Waals surface area contributed by atoms with E-state index in [2.05, 4.69) is 4.85 Å². The summed E-state index contributed by atoms with van der Waals surface area (Å²) in [5, 5.41) is 1.90. The van der Waals surface area contributed by atoms with E-state index in [1.165, 1.54) is 0 Å². The number of rotatable bonds is 0. The monoisotopic (exact) mass is 243 g/mol. The summed E-state index contributed by atoms with van der Waals surface area (Å²) >= 11 is 1.58. The fourth-order valence-electron chi connectivity index (χ4n) is 2.20. The Morgan fingerprint density at radius 2 is 1.94 bits per heavy atom. The van der Waals surface area contributed by atoms with Crippen LogP contribution in [0.1, 0.15) is 41.6 Å². The lowest BCUT2D eigenvalue weighted by molar-refractivity contribution is 0.104. The van der Waals surface area contributed by atoms with Crippen LogP contribution in [-0.2, 0) is 0 Å². The molecule has 0 radical (unpaired) electrons. The molecule has 1 heterocycles. The van der Waals surface area contributed by atoms with Gasteiger partial charge in [-0.1, -0.05) is 5.57 Å². The van der Waals surface area contributed by atoms with Crippen molar-refractivity contribution in [2.75, 3.05) is 0 Å². The minimum atomic E-state index is 0.0716. The van der Waals surface area contributed by atoms with Gasteiger partial charge in [-0.05, 0) is 38.8 Å². The maximum atomic E-state index is 12.3. The number of aryl methyl sites for hydroxylation is 1. The maximum Gasteiger partial charge on any atom is 0.193 e. The number of fused-ring (bicyclic) bond motifs is 1. The number of hydrogen-bond donors (Lipinski definition) is 0. The molecule has 0 unspecified atom stereocenters. The fourth-order valence-corrected chi connectivity index (χ4v) is 3.05. The van der Waals surface area contributed by atoms with Crippen molar-refractivity contribution in [1.82, 2.24) is 0 Å². The molecule has 0 saturated carbocycles. The smallest absolute Gasteiger partial charge is 0.193 e. The summed E-state index contributed by atoms with van der Waals surface area (Å²) in [6.07, 6.45) is 0. The van der Waals surface area contributed by atoms with Crippen molar-refractivity contribution in [3.8, 4) is 0 Å². The van der Waals surface area contributed by atoms with E-state index >= 15 is 0 Å². The summed E-state index contributed by atoms with van der Waals surface area (Å²) in [5.41, 5.74) is 4.90. The van der Waals surface area contributed by atoms with Gasteiger partial charge < -0.3 is 0 Å². The highest BCUT2D eigenvalue weighted by atomic mass is 32.1. The molecule has 1 aromatic rings. The summed E-state index contributed by atoms with van der Waals surface area (Å²) < 4.78 is 0. The van der Waals surface area contributed by atoms with Crippen LogP contribution < -0.4 is 0 Å². The van der Waals surface area contributed by atoms with Gasteiger partial charge in [0, 0.05) is 21.4 Å². The zero-order chi connectivity index (χ0) is 12.7. The zero-order valence-electron chi connectivity index (χ0n) is 10.3. The predicted molar refractivity (Wildman–Crippen MR) is 71.0 cm³/mol. The highest BCUT2D eigenvalue weighted by molar-refractivity contribution is 7.10. The lowest BCUT2D eigenvalue weighted by Crippen LogP contribution is -1.97. The Kier molecular flexibility index (Phi) is 2.76. The molecule has 0 atom stereocenters. The standard InChI is InChI=1S/C14H13NOS/c1-7(2)11-12(8(3)15-5)13-9(4)17-6-10(13)14(11)16/h6H,1-4H3/b12-8-. The fraction of sp³-hybridized carbons (Fsp3) is 0.286. The number of carbonyl (C=O) groups is 1. The second kappa shape index (κ2) is 3.97. The predicted octanol–water partition coefficient (Wildman–Crippen LogP) is 4.24. The van der Waals surface area contributed by atoms with Crippen LogP contribution in [0.15, 0.2) is 22.2 Å². The largest absolute Gasteiger partial charge is 0.289 e. The Hall–Kier alpha value is -1.66. The lowest BCUT2D eigenvalue weighted by atomic mass is 9.99. The molecule has 2 rings (SSSR count). The zero-order valence-corrected chi connectivity index (χ0v) is 11.2. The van der Waals surface area contributed by atoms with E-state index in [-0.39, 0.29) is 5.78 Å². The molecular weight excluding hydrogens is 230 g/mol. The van der Waals surface area contributed by atoms with E-state index in [1.54, 1.807) is 18.3 Å². The molecular formula is C14H13NOS. The van der Waals surface area contributed by atoms with Crippen LogP contribution in [0, 0.1) is 13.5 Å². The van der Waals surface area contributed by atoms with Gasteiger partial charge in [0.2, 0.25) is 0 Å². The van der Waals surface area contributed by atoms with Crippen LogP contribution in [0.25, 0.3) is 10.4 Å². The van der Waals surface area contributed by atoms with Crippen molar-refractivity contribution in [3.63, 3.8) is 0 Å². The molecule has 0 aliphatic heterocycles. The Balaban J connectivity index is 2.88. The molecule has 0 N–H and O–H groups in total. The number of ketones is 1. The van der Waals surface area contributed by atoms with Gasteiger partial charge in [0.1, 0.15) is 0 Å². The topological polar surface area (TPSA) is 21.4 Å². The first-order chi connectivity index (χ1) is 7.99. The van der Waals surface area contributed by atoms with E-state index in [9.17, 15) is 4.79 Å².